The molecule has 0 aliphatic carbocycles. The van der Waals surface area contributed by atoms with Crippen molar-refractivity contribution >= 4 is 23.2 Å². The average Bonchev–Trinajstić information content (AvgIpc) is 2.55. The standard InChI is InChI=1S/C12H11ClN2O/c1-8-9(7-14)6-12(16)15(8)11-5-3-2-4-10(11)13/h2-5,8-9H,6H2,1H3. The molecule has 1 heterocycles. The van der Waals surface area contributed by atoms with E-state index in [4.69, 9.17) is 16.9 Å². The number of carbonyl (C=O) groups is 1. The van der Waals surface area contributed by atoms with Gasteiger partial charge in [-0.3, -0.25) is 4.79 Å². The first kappa shape index (κ1) is 11.0. The summed E-state index contributed by atoms with van der Waals surface area (Å²) < 4.78 is 0. The van der Waals surface area contributed by atoms with Crippen molar-refractivity contribution in [2.75, 3.05) is 4.90 Å². The third kappa shape index (κ3) is 1.66. The highest BCUT2D eigenvalue weighted by Gasteiger charge is 2.38. The van der Waals surface area contributed by atoms with Crippen molar-refractivity contribution in [3.63, 3.8) is 0 Å². The highest BCUT2D eigenvalue weighted by atomic mass is 35.5. The second kappa shape index (κ2) is 4.15. The molecule has 1 aliphatic rings. The summed E-state index contributed by atoms with van der Waals surface area (Å²) in [5, 5.41) is 9.47. The van der Waals surface area contributed by atoms with Crippen molar-refractivity contribution in [1.82, 2.24) is 0 Å². The number of nitrogens with zero attached hydrogens (tertiary/aromatic N) is 2. The molecule has 4 heteroatoms. The van der Waals surface area contributed by atoms with Crippen LogP contribution in [0.1, 0.15) is 13.3 Å². The first-order valence-electron chi connectivity index (χ1n) is 5.11. The molecular formula is C12H11ClN2O. The van der Waals surface area contributed by atoms with Crippen molar-refractivity contribution in [3.05, 3.63) is 29.3 Å². The van der Waals surface area contributed by atoms with Crippen LogP contribution in [0, 0.1) is 17.2 Å². The zero-order valence-electron chi connectivity index (χ0n) is 8.85. The molecule has 3 nitrogen and oxygen atoms in total. The molecule has 0 aromatic heterocycles. The molecule has 1 amide bonds. The van der Waals surface area contributed by atoms with E-state index in [-0.39, 0.29) is 24.3 Å². The number of hydrogen-bond acceptors (Lipinski definition) is 2. The van der Waals surface area contributed by atoms with Crippen LogP contribution in [0.25, 0.3) is 0 Å². The van der Waals surface area contributed by atoms with Crippen LogP contribution in [0.5, 0.6) is 0 Å². The Morgan fingerprint density at radius 2 is 2.19 bits per heavy atom. The summed E-state index contributed by atoms with van der Waals surface area (Å²) in [6.07, 6.45) is 0.281. The Bertz CT molecular complexity index is 466. The van der Waals surface area contributed by atoms with Gasteiger partial charge in [0.05, 0.1) is 28.7 Å². The lowest BCUT2D eigenvalue weighted by molar-refractivity contribution is -0.117. The van der Waals surface area contributed by atoms with E-state index < -0.39 is 0 Å². The highest BCUT2D eigenvalue weighted by Crippen LogP contribution is 2.34. The van der Waals surface area contributed by atoms with E-state index in [1.807, 2.05) is 19.1 Å². The molecule has 1 aromatic carbocycles. The van der Waals surface area contributed by atoms with Gasteiger partial charge >= 0.3 is 0 Å². The van der Waals surface area contributed by atoms with Gasteiger partial charge in [0, 0.05) is 6.42 Å². The van der Waals surface area contributed by atoms with Gasteiger partial charge in [-0.25, -0.2) is 0 Å². The molecule has 0 N–H and O–H groups in total. The minimum atomic E-state index is -0.247. The number of nitriles is 1. The number of carbonyl (C=O) groups excluding carboxylic acids is 1. The average molecular weight is 235 g/mol. The summed E-state index contributed by atoms with van der Waals surface area (Å²) in [7, 11) is 0. The van der Waals surface area contributed by atoms with E-state index in [0.717, 1.165) is 0 Å². The first-order valence-corrected chi connectivity index (χ1v) is 5.49. The zero-order chi connectivity index (χ0) is 11.7. The van der Waals surface area contributed by atoms with Gasteiger partial charge in [0.15, 0.2) is 0 Å². The van der Waals surface area contributed by atoms with Gasteiger partial charge in [-0.05, 0) is 19.1 Å². The summed E-state index contributed by atoms with van der Waals surface area (Å²) in [4.78, 5) is 13.4. The zero-order valence-corrected chi connectivity index (χ0v) is 9.61. The summed E-state index contributed by atoms with van der Waals surface area (Å²) in [6, 6.07) is 9.25. The topological polar surface area (TPSA) is 44.1 Å². The Morgan fingerprint density at radius 1 is 1.50 bits per heavy atom. The van der Waals surface area contributed by atoms with E-state index >= 15 is 0 Å². The summed E-state index contributed by atoms with van der Waals surface area (Å²) in [5.74, 6) is -0.282. The fourth-order valence-electron chi connectivity index (χ4n) is 2.02. The van der Waals surface area contributed by atoms with Gasteiger partial charge in [-0.15, -0.1) is 0 Å². The van der Waals surface area contributed by atoms with Crippen LogP contribution in [0.4, 0.5) is 5.69 Å². The molecule has 1 saturated heterocycles. The Hall–Kier alpha value is -1.53. The van der Waals surface area contributed by atoms with Crippen molar-refractivity contribution in [3.8, 4) is 6.07 Å². The van der Waals surface area contributed by atoms with Crippen molar-refractivity contribution in [2.24, 2.45) is 5.92 Å². The maximum atomic E-state index is 11.8. The molecule has 1 fully saturated rings. The molecule has 2 unspecified atom stereocenters. The number of amides is 1. The molecule has 82 valence electrons. The van der Waals surface area contributed by atoms with E-state index in [1.54, 1.807) is 17.0 Å². The molecule has 2 atom stereocenters. The lowest BCUT2D eigenvalue weighted by Crippen LogP contribution is -2.32. The Labute approximate surface area is 99.2 Å². The number of hydrogen-bond donors (Lipinski definition) is 0. The van der Waals surface area contributed by atoms with Crippen LogP contribution < -0.4 is 4.90 Å². The summed E-state index contributed by atoms with van der Waals surface area (Å²) >= 11 is 6.05. The van der Waals surface area contributed by atoms with Gasteiger partial charge in [0.2, 0.25) is 5.91 Å². The Balaban J connectivity index is 2.39. The molecule has 0 spiro atoms. The number of benzene rings is 1. The minimum absolute atomic E-state index is 0.0350. The van der Waals surface area contributed by atoms with E-state index in [0.29, 0.717) is 10.7 Å². The predicted molar refractivity (Wildman–Crippen MR) is 62.1 cm³/mol. The van der Waals surface area contributed by atoms with Crippen molar-refractivity contribution < 1.29 is 4.79 Å². The van der Waals surface area contributed by atoms with E-state index in [9.17, 15) is 4.79 Å². The Morgan fingerprint density at radius 3 is 2.75 bits per heavy atom. The van der Waals surface area contributed by atoms with Crippen LogP contribution in [0.3, 0.4) is 0 Å². The third-order valence-electron chi connectivity index (χ3n) is 2.93. The fraction of sp³-hybridized carbons (Fsp3) is 0.333. The van der Waals surface area contributed by atoms with Crippen LogP contribution in [-0.4, -0.2) is 11.9 Å². The van der Waals surface area contributed by atoms with Crippen LogP contribution in [0.15, 0.2) is 24.3 Å². The minimum Gasteiger partial charge on any atom is -0.307 e. The fourth-order valence-corrected chi connectivity index (χ4v) is 2.25. The lowest BCUT2D eigenvalue weighted by Gasteiger charge is -2.23. The maximum absolute atomic E-state index is 11.8. The molecule has 0 bridgehead atoms. The summed E-state index contributed by atoms with van der Waals surface area (Å²) in [6.45, 7) is 1.88. The first-order chi connectivity index (χ1) is 7.65. The third-order valence-corrected chi connectivity index (χ3v) is 3.25. The van der Waals surface area contributed by atoms with Gasteiger partial charge in [0.1, 0.15) is 0 Å². The second-order valence-electron chi connectivity index (χ2n) is 3.90. The molecule has 2 rings (SSSR count). The number of halogens is 1. The molecular weight excluding hydrogens is 224 g/mol. The highest BCUT2D eigenvalue weighted by molar-refractivity contribution is 6.33. The molecule has 0 radical (unpaired) electrons. The van der Waals surface area contributed by atoms with Crippen LogP contribution >= 0.6 is 11.6 Å². The SMILES string of the molecule is CC1C(C#N)CC(=O)N1c1ccccc1Cl. The van der Waals surface area contributed by atoms with Crippen LogP contribution in [-0.2, 0) is 4.79 Å². The maximum Gasteiger partial charge on any atom is 0.228 e. The smallest absolute Gasteiger partial charge is 0.228 e. The second-order valence-corrected chi connectivity index (χ2v) is 4.30. The molecule has 1 aromatic rings. The van der Waals surface area contributed by atoms with Gasteiger partial charge in [-0.1, -0.05) is 23.7 Å². The summed E-state index contributed by atoms with van der Waals surface area (Å²) in [5.41, 5.74) is 0.694. The predicted octanol–water partition coefficient (Wildman–Crippen LogP) is 2.60. The van der Waals surface area contributed by atoms with Gasteiger partial charge in [-0.2, -0.15) is 5.26 Å². The molecule has 16 heavy (non-hydrogen) atoms. The van der Waals surface area contributed by atoms with Gasteiger partial charge in [0.25, 0.3) is 0 Å². The quantitative estimate of drug-likeness (QED) is 0.750. The number of anilines is 1. The normalized spacial score (nSPS) is 24.6. The number of rotatable bonds is 1. The van der Waals surface area contributed by atoms with E-state index in [1.165, 1.54) is 0 Å². The molecule has 1 aliphatic heterocycles. The van der Waals surface area contributed by atoms with Crippen molar-refractivity contribution in [1.29, 1.82) is 5.26 Å². The largest absolute Gasteiger partial charge is 0.307 e. The molecule has 0 saturated carbocycles. The monoisotopic (exact) mass is 234 g/mol. The Kier molecular flexibility index (Phi) is 2.84. The van der Waals surface area contributed by atoms with E-state index in [2.05, 4.69) is 6.07 Å². The number of para-hydroxylation sites is 1. The van der Waals surface area contributed by atoms with Gasteiger partial charge < -0.3 is 4.90 Å². The lowest BCUT2D eigenvalue weighted by atomic mass is 10.0. The van der Waals surface area contributed by atoms with Crippen LogP contribution in [0.2, 0.25) is 5.02 Å². The van der Waals surface area contributed by atoms with Crippen molar-refractivity contribution in [2.45, 2.75) is 19.4 Å².